The Morgan fingerprint density at radius 3 is 2.90 bits per heavy atom. The number of aromatic nitrogens is 4. The number of carbonyl (C=O) groups is 2. The quantitative estimate of drug-likeness (QED) is 0.547. The first-order chi connectivity index (χ1) is 15.1. The lowest BCUT2D eigenvalue weighted by atomic mass is 10.0. The second-order valence-electron chi connectivity index (χ2n) is 7.25. The van der Waals surface area contributed by atoms with Crippen LogP contribution in [0.5, 0.6) is 0 Å². The molecule has 9 heteroatoms. The van der Waals surface area contributed by atoms with E-state index in [2.05, 4.69) is 15.3 Å². The maximum atomic E-state index is 13.1. The summed E-state index contributed by atoms with van der Waals surface area (Å²) in [7, 11) is 1.60. The van der Waals surface area contributed by atoms with Gasteiger partial charge in [0.05, 0.1) is 29.9 Å². The van der Waals surface area contributed by atoms with E-state index in [4.69, 9.17) is 9.72 Å². The van der Waals surface area contributed by atoms with Crippen molar-refractivity contribution in [3.8, 4) is 0 Å². The van der Waals surface area contributed by atoms with Gasteiger partial charge in [0.1, 0.15) is 11.8 Å². The highest BCUT2D eigenvalue weighted by molar-refractivity contribution is 6.06. The van der Waals surface area contributed by atoms with Crippen LogP contribution >= 0.6 is 0 Å². The third-order valence-corrected chi connectivity index (χ3v) is 5.35. The highest BCUT2D eigenvalue weighted by atomic mass is 16.5. The predicted molar refractivity (Wildman–Crippen MR) is 113 cm³/mol. The van der Waals surface area contributed by atoms with Crippen molar-refractivity contribution in [1.82, 2.24) is 29.6 Å². The largest absolute Gasteiger partial charge is 0.368 e. The molecule has 1 unspecified atom stereocenters. The number of amides is 2. The molecule has 1 fully saturated rings. The summed E-state index contributed by atoms with van der Waals surface area (Å²) in [5.41, 5.74) is 2.18. The molecule has 5 rings (SSSR count). The summed E-state index contributed by atoms with van der Waals surface area (Å²) in [5, 5.41) is 3.45. The minimum atomic E-state index is -0.444. The Morgan fingerprint density at radius 2 is 2.06 bits per heavy atom. The monoisotopic (exact) mass is 416 g/mol. The van der Waals surface area contributed by atoms with Crippen LogP contribution in [-0.4, -0.2) is 62.8 Å². The van der Waals surface area contributed by atoms with Gasteiger partial charge in [0.2, 0.25) is 5.78 Å². The summed E-state index contributed by atoms with van der Waals surface area (Å²) in [6.45, 7) is 1.14. The van der Waals surface area contributed by atoms with Gasteiger partial charge >= 0.3 is 0 Å². The molecular weight excluding hydrogens is 396 g/mol. The molecule has 0 radical (unpaired) electrons. The van der Waals surface area contributed by atoms with Crippen molar-refractivity contribution in [2.75, 3.05) is 26.7 Å². The summed E-state index contributed by atoms with van der Waals surface area (Å²) in [6.07, 6.45) is 4.66. The van der Waals surface area contributed by atoms with Crippen LogP contribution in [0.4, 0.5) is 0 Å². The predicted octanol–water partition coefficient (Wildman–Crippen LogP) is 1.85. The molecule has 1 aliphatic rings. The molecule has 9 nitrogen and oxygen atoms in total. The first kappa shape index (κ1) is 19.1. The van der Waals surface area contributed by atoms with E-state index in [0.717, 1.165) is 5.39 Å². The van der Waals surface area contributed by atoms with Crippen molar-refractivity contribution in [3.05, 3.63) is 71.9 Å². The molecule has 1 aliphatic heterocycles. The molecule has 0 bridgehead atoms. The molecule has 1 aromatic carbocycles. The minimum Gasteiger partial charge on any atom is -0.368 e. The molecule has 156 valence electrons. The van der Waals surface area contributed by atoms with Crippen LogP contribution in [0.1, 0.15) is 32.6 Å². The third-order valence-electron chi connectivity index (χ3n) is 5.35. The molecule has 3 aromatic heterocycles. The van der Waals surface area contributed by atoms with Gasteiger partial charge in [-0.15, -0.1) is 0 Å². The summed E-state index contributed by atoms with van der Waals surface area (Å²) >= 11 is 0. The Hall–Kier alpha value is -3.85. The van der Waals surface area contributed by atoms with Crippen LogP contribution in [0.3, 0.4) is 0 Å². The van der Waals surface area contributed by atoms with Gasteiger partial charge < -0.3 is 15.0 Å². The van der Waals surface area contributed by atoms with Crippen molar-refractivity contribution in [1.29, 1.82) is 0 Å². The van der Waals surface area contributed by atoms with Gasteiger partial charge in [0.15, 0.2) is 0 Å². The summed E-state index contributed by atoms with van der Waals surface area (Å²) in [4.78, 5) is 40.4. The van der Waals surface area contributed by atoms with Crippen LogP contribution in [0.2, 0.25) is 0 Å². The van der Waals surface area contributed by atoms with Crippen LogP contribution < -0.4 is 5.32 Å². The number of ether oxygens (including phenoxy) is 1. The van der Waals surface area contributed by atoms with E-state index in [1.54, 1.807) is 47.1 Å². The first-order valence-electron chi connectivity index (χ1n) is 9.96. The molecule has 0 spiro atoms. The number of hydrogen-bond donors (Lipinski definition) is 1. The molecule has 1 N–H and O–H groups in total. The number of morpholine rings is 1. The lowest BCUT2D eigenvalue weighted by molar-refractivity contribution is -0.0247. The average molecular weight is 416 g/mol. The highest BCUT2D eigenvalue weighted by Crippen LogP contribution is 2.26. The number of nitrogens with one attached hydrogen (secondary N) is 1. The Labute approximate surface area is 177 Å². The SMILES string of the molecule is CNC(=O)c1cc(C2CN(C(=O)c3cn4cccnc4n3)CCO2)nc2ccccc12. The zero-order valence-electron chi connectivity index (χ0n) is 16.9. The fourth-order valence-electron chi connectivity index (χ4n) is 3.79. The van der Waals surface area contributed by atoms with Crippen LogP contribution in [0.15, 0.2) is 55.0 Å². The van der Waals surface area contributed by atoms with E-state index in [0.29, 0.717) is 47.9 Å². The first-order valence-corrected chi connectivity index (χ1v) is 9.96. The van der Waals surface area contributed by atoms with Gasteiger partial charge in [-0.3, -0.25) is 14.0 Å². The number of para-hydroxylation sites is 1. The van der Waals surface area contributed by atoms with E-state index in [1.807, 2.05) is 24.3 Å². The number of pyridine rings is 1. The third kappa shape index (κ3) is 3.49. The second-order valence-corrected chi connectivity index (χ2v) is 7.25. The van der Waals surface area contributed by atoms with Gasteiger partial charge in [0.25, 0.3) is 11.8 Å². The molecule has 4 aromatic rings. The molecule has 1 saturated heterocycles. The molecule has 4 heterocycles. The molecule has 1 atom stereocenters. The number of hydrogen-bond acceptors (Lipinski definition) is 6. The van der Waals surface area contributed by atoms with Gasteiger partial charge in [-0.2, -0.15) is 0 Å². The Bertz CT molecular complexity index is 1270. The number of nitrogens with zero attached hydrogens (tertiary/aromatic N) is 5. The molecule has 0 saturated carbocycles. The molecular formula is C22H20N6O3. The smallest absolute Gasteiger partial charge is 0.274 e. The zero-order chi connectivity index (χ0) is 21.4. The number of carbonyl (C=O) groups excluding carboxylic acids is 2. The lowest BCUT2D eigenvalue weighted by Gasteiger charge is -2.32. The zero-order valence-corrected chi connectivity index (χ0v) is 16.9. The van der Waals surface area contributed by atoms with Crippen molar-refractivity contribution in [2.24, 2.45) is 0 Å². The second kappa shape index (κ2) is 7.77. The number of fused-ring (bicyclic) bond motifs is 2. The van der Waals surface area contributed by atoms with E-state index in [-0.39, 0.29) is 11.8 Å². The standard InChI is InChI=1S/C22H20N6O3/c1-23-20(29)15-11-17(25-16-6-3-2-5-14(15)16)19-13-27(9-10-31-19)21(30)18-12-28-8-4-7-24-22(28)26-18/h2-8,11-12,19H,9-10,13H2,1H3,(H,23,29). The highest BCUT2D eigenvalue weighted by Gasteiger charge is 2.29. The average Bonchev–Trinajstić information content (AvgIpc) is 3.27. The maximum absolute atomic E-state index is 13.1. The van der Waals surface area contributed by atoms with Gasteiger partial charge in [0, 0.05) is 37.6 Å². The Balaban J connectivity index is 1.45. The summed E-state index contributed by atoms with van der Waals surface area (Å²) in [5.74, 6) is 0.0916. The van der Waals surface area contributed by atoms with Gasteiger partial charge in [-0.25, -0.2) is 15.0 Å². The van der Waals surface area contributed by atoms with E-state index in [9.17, 15) is 9.59 Å². The van der Waals surface area contributed by atoms with E-state index >= 15 is 0 Å². The van der Waals surface area contributed by atoms with Crippen LogP contribution in [-0.2, 0) is 4.74 Å². The molecule has 0 aliphatic carbocycles. The molecule has 2 amide bonds. The number of benzene rings is 1. The minimum absolute atomic E-state index is 0.189. The Kier molecular flexibility index (Phi) is 4.79. The van der Waals surface area contributed by atoms with E-state index < -0.39 is 6.10 Å². The lowest BCUT2D eigenvalue weighted by Crippen LogP contribution is -2.42. The number of rotatable bonds is 3. The summed E-state index contributed by atoms with van der Waals surface area (Å²) in [6, 6.07) is 11.0. The van der Waals surface area contributed by atoms with Crippen LogP contribution in [0.25, 0.3) is 16.7 Å². The molecule has 31 heavy (non-hydrogen) atoms. The van der Waals surface area contributed by atoms with Gasteiger partial charge in [-0.1, -0.05) is 18.2 Å². The Morgan fingerprint density at radius 1 is 1.19 bits per heavy atom. The number of imidazole rings is 1. The van der Waals surface area contributed by atoms with Crippen molar-refractivity contribution in [2.45, 2.75) is 6.10 Å². The van der Waals surface area contributed by atoms with Crippen molar-refractivity contribution < 1.29 is 14.3 Å². The normalized spacial score (nSPS) is 16.5. The van der Waals surface area contributed by atoms with Crippen LogP contribution in [0, 0.1) is 0 Å². The van der Waals surface area contributed by atoms with Crippen molar-refractivity contribution >= 4 is 28.5 Å². The van der Waals surface area contributed by atoms with E-state index in [1.165, 1.54) is 0 Å². The maximum Gasteiger partial charge on any atom is 0.274 e. The fourth-order valence-corrected chi connectivity index (χ4v) is 3.79. The van der Waals surface area contributed by atoms with Crippen molar-refractivity contribution in [3.63, 3.8) is 0 Å². The topological polar surface area (TPSA) is 102 Å². The van der Waals surface area contributed by atoms with Gasteiger partial charge in [-0.05, 0) is 18.2 Å². The fraction of sp³-hybridized carbons (Fsp3) is 0.227. The summed E-state index contributed by atoms with van der Waals surface area (Å²) < 4.78 is 7.64.